The number of carbonyl (C=O) groups is 2. The highest BCUT2D eigenvalue weighted by molar-refractivity contribution is 7.99. The number of nitrogens with zero attached hydrogens (tertiary/aromatic N) is 3. The van der Waals surface area contributed by atoms with Gasteiger partial charge in [0.25, 0.3) is 0 Å². The number of carbonyl (C=O) groups excluding carboxylic acids is 2. The van der Waals surface area contributed by atoms with Crippen LogP contribution < -0.4 is 5.32 Å². The summed E-state index contributed by atoms with van der Waals surface area (Å²) in [7, 11) is 1.44. The van der Waals surface area contributed by atoms with Crippen LogP contribution in [0.1, 0.15) is 30.8 Å². The average Bonchev–Trinajstić information content (AvgIpc) is 2.92. The number of likely N-dealkylation sites (N-methyl/N-ethyl adjacent to an activating group) is 1. The third-order valence-corrected chi connectivity index (χ3v) is 5.57. The van der Waals surface area contributed by atoms with E-state index in [0.717, 1.165) is 29.2 Å². The summed E-state index contributed by atoms with van der Waals surface area (Å²) >= 11 is 1.28. The van der Waals surface area contributed by atoms with Crippen LogP contribution in [-0.4, -0.2) is 45.6 Å². The van der Waals surface area contributed by atoms with Gasteiger partial charge in [-0.15, -0.1) is 0 Å². The maximum Gasteiger partial charge on any atom is 0.418 e. The number of nitrogens with one attached hydrogen (secondary N) is 1. The van der Waals surface area contributed by atoms with Crippen molar-refractivity contribution in [3.63, 3.8) is 0 Å². The Labute approximate surface area is 184 Å². The monoisotopic (exact) mass is 456 g/mol. The summed E-state index contributed by atoms with van der Waals surface area (Å²) < 4.78 is 41.3. The molecule has 1 heterocycles. The Balaban J connectivity index is 1.97. The number of imidazole rings is 1. The highest BCUT2D eigenvalue weighted by Gasteiger charge is 2.33. The number of hydrogen-bond donors (Lipinski definition) is 1. The van der Waals surface area contributed by atoms with Crippen LogP contribution in [0.3, 0.4) is 0 Å². The van der Waals surface area contributed by atoms with Crippen LogP contribution in [0.15, 0.2) is 29.4 Å². The number of alkyl halides is 3. The molecular weight excluding hydrogens is 429 g/mol. The Bertz CT molecular complexity index is 941. The third-order valence-electron chi connectivity index (χ3n) is 4.61. The van der Waals surface area contributed by atoms with Crippen LogP contribution in [0.25, 0.3) is 0 Å². The molecule has 1 aromatic heterocycles. The van der Waals surface area contributed by atoms with Gasteiger partial charge in [0.1, 0.15) is 0 Å². The number of halogens is 3. The zero-order valence-corrected chi connectivity index (χ0v) is 19.0. The molecule has 2 amide bonds. The third kappa shape index (κ3) is 6.75. The molecule has 2 aromatic rings. The second-order valence-corrected chi connectivity index (χ2v) is 8.64. The van der Waals surface area contributed by atoms with E-state index < -0.39 is 17.6 Å². The largest absolute Gasteiger partial charge is 0.418 e. The van der Waals surface area contributed by atoms with E-state index in [-0.39, 0.29) is 23.9 Å². The smallest absolute Gasteiger partial charge is 0.336 e. The fraction of sp³-hybridized carbons (Fsp3) is 0.476. The van der Waals surface area contributed by atoms with Crippen molar-refractivity contribution < 1.29 is 22.8 Å². The molecule has 0 saturated carbocycles. The van der Waals surface area contributed by atoms with E-state index in [0.29, 0.717) is 5.92 Å². The zero-order chi connectivity index (χ0) is 23.3. The van der Waals surface area contributed by atoms with E-state index >= 15 is 0 Å². The molecule has 2 rings (SSSR count). The van der Waals surface area contributed by atoms with Crippen LogP contribution in [-0.2, 0) is 22.3 Å². The number of aromatic nitrogens is 2. The molecule has 10 heteroatoms. The van der Waals surface area contributed by atoms with Crippen LogP contribution in [0.5, 0.6) is 0 Å². The van der Waals surface area contributed by atoms with Gasteiger partial charge in [0, 0.05) is 19.3 Å². The zero-order valence-electron chi connectivity index (χ0n) is 18.2. The van der Waals surface area contributed by atoms with Gasteiger partial charge < -0.3 is 14.8 Å². The summed E-state index contributed by atoms with van der Waals surface area (Å²) in [4.78, 5) is 30.4. The summed E-state index contributed by atoms with van der Waals surface area (Å²) in [5.41, 5.74) is 0.666. The molecule has 0 atom stereocenters. The van der Waals surface area contributed by atoms with Crippen LogP contribution in [0.2, 0.25) is 0 Å². The first-order valence-electron chi connectivity index (χ1n) is 9.76. The number of amides is 2. The molecule has 6 nitrogen and oxygen atoms in total. The quantitative estimate of drug-likeness (QED) is 0.600. The minimum atomic E-state index is -4.59. The molecule has 0 saturated heterocycles. The van der Waals surface area contributed by atoms with Crippen molar-refractivity contribution in [2.75, 3.05) is 24.7 Å². The van der Waals surface area contributed by atoms with Gasteiger partial charge in [0.15, 0.2) is 5.16 Å². The van der Waals surface area contributed by atoms with Crippen LogP contribution >= 0.6 is 11.8 Å². The second kappa shape index (κ2) is 10.2. The molecular formula is C21H27F3N4O2S. The van der Waals surface area contributed by atoms with Gasteiger partial charge in [0.2, 0.25) is 11.8 Å². The van der Waals surface area contributed by atoms with Crippen molar-refractivity contribution in [3.05, 3.63) is 41.2 Å². The number of aryl methyl sites for hydroxylation is 1. The lowest BCUT2D eigenvalue weighted by Gasteiger charge is -2.18. The van der Waals surface area contributed by atoms with Gasteiger partial charge in [-0.25, -0.2) is 4.98 Å². The van der Waals surface area contributed by atoms with Gasteiger partial charge in [-0.05, 0) is 31.9 Å². The van der Waals surface area contributed by atoms with Crippen molar-refractivity contribution >= 4 is 29.3 Å². The van der Waals surface area contributed by atoms with Gasteiger partial charge >= 0.3 is 6.18 Å². The van der Waals surface area contributed by atoms with Crippen molar-refractivity contribution in [3.8, 4) is 0 Å². The first-order valence-corrected chi connectivity index (χ1v) is 10.7. The Morgan fingerprint density at radius 1 is 1.23 bits per heavy atom. The number of benzene rings is 1. The van der Waals surface area contributed by atoms with Crippen LogP contribution in [0.4, 0.5) is 18.9 Å². The van der Waals surface area contributed by atoms with Gasteiger partial charge in [-0.1, -0.05) is 37.7 Å². The van der Waals surface area contributed by atoms with Gasteiger partial charge in [-0.2, -0.15) is 13.2 Å². The lowest BCUT2D eigenvalue weighted by atomic mass is 10.1. The molecule has 1 aromatic carbocycles. The Kier molecular flexibility index (Phi) is 8.16. The lowest BCUT2D eigenvalue weighted by Crippen LogP contribution is -2.36. The topological polar surface area (TPSA) is 67.2 Å². The minimum Gasteiger partial charge on any atom is -0.336 e. The highest BCUT2D eigenvalue weighted by atomic mass is 32.2. The number of thioether (sulfide) groups is 1. The standard InChI is InChI=1S/C21H27F3N4O2S/c1-13(2)10-28-15(4)14(3)25-20(28)31-12-19(30)27(5)11-18(29)26-17-9-7-6-8-16(17)21(22,23)24/h6-9,13H,10-12H2,1-5H3,(H,26,29). The molecule has 0 fully saturated rings. The first-order chi connectivity index (χ1) is 14.4. The van der Waals surface area contributed by atoms with E-state index in [1.165, 1.54) is 41.9 Å². The molecule has 0 unspecified atom stereocenters. The predicted molar refractivity (Wildman–Crippen MR) is 115 cm³/mol. The predicted octanol–water partition coefficient (Wildman–Crippen LogP) is 4.36. The number of para-hydroxylation sites is 1. The Morgan fingerprint density at radius 2 is 1.87 bits per heavy atom. The van der Waals surface area contributed by atoms with Crippen molar-refractivity contribution in [1.29, 1.82) is 0 Å². The summed E-state index contributed by atoms with van der Waals surface area (Å²) in [5.74, 6) is -0.547. The molecule has 0 aliphatic heterocycles. The first kappa shape index (κ1) is 24.8. The maximum atomic E-state index is 13.1. The Hall–Kier alpha value is -2.49. The van der Waals surface area contributed by atoms with E-state index in [1.807, 2.05) is 13.8 Å². The fourth-order valence-corrected chi connectivity index (χ4v) is 3.92. The van der Waals surface area contributed by atoms with E-state index in [9.17, 15) is 22.8 Å². The summed E-state index contributed by atoms with van der Waals surface area (Å²) in [6.45, 7) is 8.50. The second-order valence-electron chi connectivity index (χ2n) is 7.70. The molecule has 0 radical (unpaired) electrons. The summed E-state index contributed by atoms with van der Waals surface area (Å²) in [6.07, 6.45) is -4.59. The highest BCUT2D eigenvalue weighted by Crippen LogP contribution is 2.34. The molecule has 1 N–H and O–H groups in total. The molecule has 0 aliphatic rings. The van der Waals surface area contributed by atoms with Crippen molar-refractivity contribution in [2.24, 2.45) is 5.92 Å². The normalized spacial score (nSPS) is 11.6. The summed E-state index contributed by atoms with van der Waals surface area (Å²) in [6, 6.07) is 4.72. The molecule has 170 valence electrons. The number of anilines is 1. The number of hydrogen-bond acceptors (Lipinski definition) is 4. The summed E-state index contributed by atoms with van der Waals surface area (Å²) in [5, 5.41) is 2.97. The van der Waals surface area contributed by atoms with Gasteiger partial charge in [0.05, 0.1) is 29.2 Å². The average molecular weight is 457 g/mol. The lowest BCUT2D eigenvalue weighted by molar-refractivity contribution is -0.137. The van der Waals surface area contributed by atoms with Crippen LogP contribution in [0, 0.1) is 19.8 Å². The maximum absolute atomic E-state index is 13.1. The molecule has 0 spiro atoms. The van der Waals surface area contributed by atoms with E-state index in [4.69, 9.17) is 0 Å². The Morgan fingerprint density at radius 3 is 2.48 bits per heavy atom. The SMILES string of the molecule is Cc1nc(SCC(=O)N(C)CC(=O)Nc2ccccc2C(F)(F)F)n(CC(C)C)c1C. The molecule has 0 aliphatic carbocycles. The van der Waals surface area contributed by atoms with E-state index in [2.05, 4.69) is 28.7 Å². The molecule has 31 heavy (non-hydrogen) atoms. The van der Waals surface area contributed by atoms with Crippen molar-refractivity contribution in [1.82, 2.24) is 14.5 Å². The number of rotatable bonds is 8. The van der Waals surface area contributed by atoms with Crippen molar-refractivity contribution in [2.45, 2.75) is 45.6 Å². The minimum absolute atomic E-state index is 0.0664. The molecule has 0 bridgehead atoms. The van der Waals surface area contributed by atoms with E-state index in [1.54, 1.807) is 0 Å². The fourth-order valence-electron chi connectivity index (χ4n) is 2.88. The van der Waals surface area contributed by atoms with Gasteiger partial charge in [-0.3, -0.25) is 9.59 Å².